The lowest BCUT2D eigenvalue weighted by Crippen LogP contribution is -2.50. The second kappa shape index (κ2) is 5.93. The highest BCUT2D eigenvalue weighted by Crippen LogP contribution is 2.34. The second-order valence-electron chi connectivity index (χ2n) is 5.81. The Labute approximate surface area is 116 Å². The molecule has 2 atom stereocenters. The van der Waals surface area contributed by atoms with Crippen LogP contribution in [0, 0.1) is 0 Å². The summed E-state index contributed by atoms with van der Waals surface area (Å²) < 4.78 is 5.73. The summed E-state index contributed by atoms with van der Waals surface area (Å²) in [6.45, 7) is 7.02. The number of hydrogen-bond donors (Lipinski definition) is 1. The molecule has 19 heavy (non-hydrogen) atoms. The zero-order valence-corrected chi connectivity index (χ0v) is 12.4. The molecule has 0 fully saturated rings. The van der Waals surface area contributed by atoms with E-state index in [1.807, 2.05) is 6.07 Å². The Hall–Kier alpha value is -1.06. The van der Waals surface area contributed by atoms with E-state index in [0.717, 1.165) is 31.7 Å². The van der Waals surface area contributed by atoms with E-state index in [1.165, 1.54) is 5.56 Å². The molecule has 3 nitrogen and oxygen atoms in total. The Morgan fingerprint density at radius 3 is 2.84 bits per heavy atom. The van der Waals surface area contributed by atoms with Crippen molar-refractivity contribution >= 4 is 0 Å². The summed E-state index contributed by atoms with van der Waals surface area (Å²) >= 11 is 0. The molecule has 1 heterocycles. The lowest BCUT2D eigenvalue weighted by Gasteiger charge is -2.40. The van der Waals surface area contributed by atoms with Crippen molar-refractivity contribution in [1.29, 1.82) is 0 Å². The first-order valence-electron chi connectivity index (χ1n) is 7.23. The molecule has 2 rings (SSSR count). The topological polar surface area (TPSA) is 38.5 Å². The molecule has 0 saturated heterocycles. The molecule has 0 spiro atoms. The third-order valence-electron chi connectivity index (χ3n) is 4.70. The van der Waals surface area contributed by atoms with Crippen molar-refractivity contribution in [3.05, 3.63) is 29.8 Å². The zero-order valence-electron chi connectivity index (χ0n) is 12.4. The minimum Gasteiger partial charge on any atom is -0.493 e. The third kappa shape index (κ3) is 2.93. The number of nitrogens with zero attached hydrogens (tertiary/aromatic N) is 1. The molecule has 0 aliphatic carbocycles. The minimum atomic E-state index is 0.0905. The Morgan fingerprint density at radius 1 is 1.42 bits per heavy atom. The number of nitrogens with two attached hydrogens (primary N) is 1. The summed E-state index contributed by atoms with van der Waals surface area (Å²) in [5.74, 6) is 1.60. The Morgan fingerprint density at radius 2 is 2.16 bits per heavy atom. The molecule has 0 radical (unpaired) electrons. The third-order valence-corrected chi connectivity index (χ3v) is 4.70. The molecule has 0 bridgehead atoms. The average molecular weight is 262 g/mol. The van der Waals surface area contributed by atoms with Crippen LogP contribution in [0.1, 0.15) is 38.2 Å². The molecule has 1 aliphatic heterocycles. The first-order valence-corrected chi connectivity index (χ1v) is 7.23. The molecule has 1 aromatic carbocycles. The number of rotatable bonds is 5. The Kier molecular flexibility index (Phi) is 4.48. The van der Waals surface area contributed by atoms with E-state index in [2.05, 4.69) is 44.0 Å². The van der Waals surface area contributed by atoms with Crippen molar-refractivity contribution < 1.29 is 4.74 Å². The first-order chi connectivity index (χ1) is 9.10. The molecule has 0 aromatic heterocycles. The quantitative estimate of drug-likeness (QED) is 0.886. The van der Waals surface area contributed by atoms with Crippen LogP contribution in [0.15, 0.2) is 24.3 Å². The maximum Gasteiger partial charge on any atom is 0.122 e. The van der Waals surface area contributed by atoms with Gasteiger partial charge in [-0.05, 0) is 38.4 Å². The second-order valence-corrected chi connectivity index (χ2v) is 5.81. The number of benzene rings is 1. The van der Waals surface area contributed by atoms with Crippen LogP contribution in [0.2, 0.25) is 0 Å². The van der Waals surface area contributed by atoms with Crippen LogP contribution in [0.25, 0.3) is 0 Å². The van der Waals surface area contributed by atoms with Crippen molar-refractivity contribution in [3.63, 3.8) is 0 Å². The fourth-order valence-electron chi connectivity index (χ4n) is 2.73. The normalized spacial score (nSPS) is 21.6. The van der Waals surface area contributed by atoms with Gasteiger partial charge < -0.3 is 10.5 Å². The van der Waals surface area contributed by atoms with Crippen molar-refractivity contribution in [2.45, 2.75) is 38.1 Å². The van der Waals surface area contributed by atoms with Gasteiger partial charge in [-0.1, -0.05) is 25.1 Å². The molecule has 0 amide bonds. The van der Waals surface area contributed by atoms with Gasteiger partial charge in [0.1, 0.15) is 5.75 Å². The van der Waals surface area contributed by atoms with Gasteiger partial charge in [0.15, 0.2) is 0 Å². The van der Waals surface area contributed by atoms with E-state index < -0.39 is 0 Å². The maximum absolute atomic E-state index is 5.95. The van der Waals surface area contributed by atoms with E-state index in [9.17, 15) is 0 Å². The summed E-state index contributed by atoms with van der Waals surface area (Å²) in [6.07, 6.45) is 2.16. The number of hydrogen-bond acceptors (Lipinski definition) is 3. The van der Waals surface area contributed by atoms with Gasteiger partial charge in [-0.15, -0.1) is 0 Å². The number of likely N-dealkylation sites (N-methyl/N-ethyl adjacent to an activating group) is 1. The fourth-order valence-corrected chi connectivity index (χ4v) is 2.73. The van der Waals surface area contributed by atoms with E-state index in [4.69, 9.17) is 10.5 Å². The van der Waals surface area contributed by atoms with E-state index in [0.29, 0.717) is 12.5 Å². The predicted octanol–water partition coefficient (Wildman–Crippen LogP) is 2.61. The number of para-hydroxylation sites is 1. The molecular formula is C16H26N2O. The highest BCUT2D eigenvalue weighted by molar-refractivity contribution is 5.38. The van der Waals surface area contributed by atoms with Gasteiger partial charge >= 0.3 is 0 Å². The first kappa shape index (κ1) is 14.4. The van der Waals surface area contributed by atoms with E-state index >= 15 is 0 Å². The van der Waals surface area contributed by atoms with Gasteiger partial charge in [0, 0.05) is 24.5 Å². The highest BCUT2D eigenvalue weighted by atomic mass is 16.5. The van der Waals surface area contributed by atoms with Crippen molar-refractivity contribution in [2.24, 2.45) is 5.73 Å². The molecule has 2 unspecified atom stereocenters. The van der Waals surface area contributed by atoms with Crippen molar-refractivity contribution in [2.75, 3.05) is 26.7 Å². The summed E-state index contributed by atoms with van der Waals surface area (Å²) in [5, 5.41) is 0. The highest BCUT2D eigenvalue weighted by Gasteiger charge is 2.30. The molecule has 3 heteroatoms. The largest absolute Gasteiger partial charge is 0.493 e. The zero-order chi connectivity index (χ0) is 13.9. The smallest absolute Gasteiger partial charge is 0.122 e. The van der Waals surface area contributed by atoms with Crippen molar-refractivity contribution in [1.82, 2.24) is 4.90 Å². The van der Waals surface area contributed by atoms with Gasteiger partial charge in [-0.3, -0.25) is 4.90 Å². The summed E-state index contributed by atoms with van der Waals surface area (Å²) in [4.78, 5) is 2.42. The van der Waals surface area contributed by atoms with Crippen LogP contribution in [0.4, 0.5) is 0 Å². The molecule has 2 N–H and O–H groups in total. The summed E-state index contributed by atoms with van der Waals surface area (Å²) in [5.41, 5.74) is 7.39. The molecule has 0 saturated carbocycles. The average Bonchev–Trinajstić information content (AvgIpc) is 2.46. The maximum atomic E-state index is 5.95. The standard InChI is InChI=1S/C16H26N2O/c1-4-16(2,12-17)18(3)11-13-9-10-19-15-8-6-5-7-14(13)15/h5-8,13H,4,9-12,17H2,1-3H3. The van der Waals surface area contributed by atoms with E-state index in [1.54, 1.807) is 0 Å². The Bertz CT molecular complexity index is 415. The van der Waals surface area contributed by atoms with E-state index in [-0.39, 0.29) is 5.54 Å². The van der Waals surface area contributed by atoms with Crippen LogP contribution in [-0.4, -0.2) is 37.2 Å². The number of fused-ring (bicyclic) bond motifs is 1. The van der Waals surface area contributed by atoms with Crippen LogP contribution in [0.5, 0.6) is 5.75 Å². The van der Waals surface area contributed by atoms with Gasteiger partial charge in [0.05, 0.1) is 6.61 Å². The summed E-state index contributed by atoms with van der Waals surface area (Å²) in [6, 6.07) is 8.41. The van der Waals surface area contributed by atoms with Crippen LogP contribution >= 0.6 is 0 Å². The summed E-state index contributed by atoms with van der Waals surface area (Å²) in [7, 11) is 2.19. The minimum absolute atomic E-state index is 0.0905. The fraction of sp³-hybridized carbons (Fsp3) is 0.625. The van der Waals surface area contributed by atoms with Crippen LogP contribution in [-0.2, 0) is 0 Å². The molecule has 1 aromatic rings. The van der Waals surface area contributed by atoms with Crippen LogP contribution < -0.4 is 10.5 Å². The lowest BCUT2D eigenvalue weighted by atomic mass is 9.89. The Balaban J connectivity index is 2.12. The molecule has 1 aliphatic rings. The lowest BCUT2D eigenvalue weighted by molar-refractivity contribution is 0.120. The SMILES string of the molecule is CCC(C)(CN)N(C)CC1CCOc2ccccc21. The van der Waals surface area contributed by atoms with Gasteiger partial charge in [-0.2, -0.15) is 0 Å². The van der Waals surface area contributed by atoms with Crippen LogP contribution in [0.3, 0.4) is 0 Å². The molecular weight excluding hydrogens is 236 g/mol. The van der Waals surface area contributed by atoms with Crippen molar-refractivity contribution in [3.8, 4) is 5.75 Å². The van der Waals surface area contributed by atoms with Gasteiger partial charge in [0.2, 0.25) is 0 Å². The molecule has 106 valence electrons. The van der Waals surface area contributed by atoms with Gasteiger partial charge in [-0.25, -0.2) is 0 Å². The predicted molar refractivity (Wildman–Crippen MR) is 79.7 cm³/mol. The van der Waals surface area contributed by atoms with Gasteiger partial charge in [0.25, 0.3) is 0 Å². The number of ether oxygens (including phenoxy) is 1. The monoisotopic (exact) mass is 262 g/mol.